The Hall–Kier alpha value is -4.16. The normalized spacial score (nSPS) is 13.9. The number of aromatic nitrogens is 4. The van der Waals surface area contributed by atoms with Crippen molar-refractivity contribution in [1.29, 1.82) is 0 Å². The van der Waals surface area contributed by atoms with Gasteiger partial charge < -0.3 is 25.6 Å². The molecule has 2 aromatic heterocycles. The van der Waals surface area contributed by atoms with Crippen molar-refractivity contribution in [3.8, 4) is 5.75 Å². The summed E-state index contributed by atoms with van der Waals surface area (Å²) in [4.78, 5) is 23.4. The quantitative estimate of drug-likeness (QED) is 0.273. The van der Waals surface area contributed by atoms with Gasteiger partial charge in [-0.05, 0) is 30.7 Å². The summed E-state index contributed by atoms with van der Waals surface area (Å²) in [6, 6.07) is 9.26. The van der Waals surface area contributed by atoms with E-state index in [0.29, 0.717) is 18.1 Å². The average molecular weight is 523 g/mol. The predicted molar refractivity (Wildman–Crippen MR) is 139 cm³/mol. The van der Waals surface area contributed by atoms with Gasteiger partial charge in [0.15, 0.2) is 11.6 Å². The molecule has 3 N–H and O–H groups in total. The number of carbonyl (C=O) groups is 1. The summed E-state index contributed by atoms with van der Waals surface area (Å²) in [6.45, 7) is 5.68. The number of hydrogen-bond acceptors (Lipinski definition) is 8. The third-order valence-electron chi connectivity index (χ3n) is 6.13. The summed E-state index contributed by atoms with van der Waals surface area (Å²) in [5.74, 6) is -1.36. The zero-order chi connectivity index (χ0) is 26.3. The maximum Gasteiger partial charge on any atom is 0.246 e. The lowest BCUT2D eigenvalue weighted by molar-refractivity contribution is -0.116. The molecule has 198 valence electrons. The number of piperazine rings is 1. The molecule has 3 heterocycles. The SMILES string of the molecule is O=C(Cn1cc(Nc2ncnc3cc(OCCCN4CCNCC4)ccc23)cn1)Nc1cccc(F)c1F. The number of carbonyl (C=O) groups excluding carboxylic acids is 1. The molecule has 1 amide bonds. The summed E-state index contributed by atoms with van der Waals surface area (Å²) in [6.07, 6.45) is 5.57. The minimum atomic E-state index is -1.11. The van der Waals surface area contributed by atoms with Gasteiger partial charge in [0.2, 0.25) is 5.91 Å². The first-order valence-corrected chi connectivity index (χ1v) is 12.4. The second-order valence-corrected chi connectivity index (χ2v) is 8.90. The van der Waals surface area contributed by atoms with E-state index in [4.69, 9.17) is 4.74 Å². The van der Waals surface area contributed by atoms with E-state index in [-0.39, 0.29) is 12.2 Å². The van der Waals surface area contributed by atoms with Gasteiger partial charge in [-0.25, -0.2) is 18.7 Å². The van der Waals surface area contributed by atoms with Crippen LogP contribution in [-0.2, 0) is 11.3 Å². The molecule has 1 fully saturated rings. The van der Waals surface area contributed by atoms with Crippen molar-refractivity contribution in [1.82, 2.24) is 30.0 Å². The molecule has 0 saturated carbocycles. The molecule has 0 unspecified atom stereocenters. The number of fused-ring (bicyclic) bond motifs is 1. The lowest BCUT2D eigenvalue weighted by Crippen LogP contribution is -2.43. The van der Waals surface area contributed by atoms with Gasteiger partial charge in [-0.15, -0.1) is 0 Å². The largest absolute Gasteiger partial charge is 0.493 e. The Morgan fingerprint density at radius 2 is 2.00 bits per heavy atom. The maximum absolute atomic E-state index is 13.8. The minimum Gasteiger partial charge on any atom is -0.493 e. The molecule has 5 rings (SSSR count). The van der Waals surface area contributed by atoms with E-state index in [1.165, 1.54) is 23.1 Å². The van der Waals surface area contributed by atoms with Crippen LogP contribution in [0.1, 0.15) is 6.42 Å². The highest BCUT2D eigenvalue weighted by atomic mass is 19.2. The zero-order valence-corrected chi connectivity index (χ0v) is 20.7. The molecular formula is C26H28F2N8O2. The molecule has 0 radical (unpaired) electrons. The summed E-state index contributed by atoms with van der Waals surface area (Å²) in [5, 5.41) is 13.9. The molecule has 0 bridgehead atoms. The van der Waals surface area contributed by atoms with Gasteiger partial charge in [-0.3, -0.25) is 9.48 Å². The van der Waals surface area contributed by atoms with Gasteiger partial charge in [0, 0.05) is 50.4 Å². The molecule has 0 atom stereocenters. The average Bonchev–Trinajstić information content (AvgIpc) is 3.36. The topological polar surface area (TPSA) is 109 Å². The lowest BCUT2D eigenvalue weighted by atomic mass is 10.2. The molecule has 1 aliphatic rings. The van der Waals surface area contributed by atoms with Crippen LogP contribution in [0.3, 0.4) is 0 Å². The summed E-state index contributed by atoms with van der Waals surface area (Å²) >= 11 is 0. The Bertz CT molecular complexity index is 1410. The molecule has 12 heteroatoms. The van der Waals surface area contributed by atoms with Crippen molar-refractivity contribution in [2.24, 2.45) is 0 Å². The number of rotatable bonds is 10. The Balaban J connectivity index is 1.17. The van der Waals surface area contributed by atoms with E-state index in [1.54, 1.807) is 12.4 Å². The fourth-order valence-corrected chi connectivity index (χ4v) is 4.23. The van der Waals surface area contributed by atoms with E-state index < -0.39 is 17.5 Å². The number of amides is 1. The van der Waals surface area contributed by atoms with Crippen LogP contribution in [0, 0.1) is 11.6 Å². The molecule has 0 aliphatic carbocycles. The fraction of sp³-hybridized carbons (Fsp3) is 0.308. The minimum absolute atomic E-state index is 0.183. The van der Waals surface area contributed by atoms with Gasteiger partial charge in [0.05, 0.1) is 29.7 Å². The van der Waals surface area contributed by atoms with Crippen molar-refractivity contribution in [2.45, 2.75) is 13.0 Å². The molecule has 1 aliphatic heterocycles. The number of anilines is 3. The van der Waals surface area contributed by atoms with E-state index in [9.17, 15) is 13.6 Å². The van der Waals surface area contributed by atoms with Crippen molar-refractivity contribution < 1.29 is 18.3 Å². The smallest absolute Gasteiger partial charge is 0.246 e. The molecule has 10 nitrogen and oxygen atoms in total. The number of hydrogen-bond donors (Lipinski definition) is 3. The predicted octanol–water partition coefficient (Wildman–Crippen LogP) is 3.16. The number of ether oxygens (including phenoxy) is 1. The molecule has 4 aromatic rings. The highest BCUT2D eigenvalue weighted by Crippen LogP contribution is 2.26. The van der Waals surface area contributed by atoms with Crippen LogP contribution >= 0.6 is 0 Å². The first-order chi connectivity index (χ1) is 18.5. The Labute approximate surface area is 218 Å². The second kappa shape index (κ2) is 11.9. The third kappa shape index (κ3) is 6.39. The zero-order valence-electron chi connectivity index (χ0n) is 20.7. The number of nitrogens with one attached hydrogen (secondary N) is 3. The van der Waals surface area contributed by atoms with Crippen LogP contribution < -0.4 is 20.7 Å². The summed E-state index contributed by atoms with van der Waals surface area (Å²) in [7, 11) is 0. The van der Waals surface area contributed by atoms with Crippen molar-refractivity contribution in [3.05, 3.63) is 66.8 Å². The molecule has 38 heavy (non-hydrogen) atoms. The molecule has 2 aromatic carbocycles. The van der Waals surface area contributed by atoms with Crippen molar-refractivity contribution in [3.63, 3.8) is 0 Å². The first kappa shape index (κ1) is 25.5. The monoisotopic (exact) mass is 522 g/mol. The van der Waals surface area contributed by atoms with Crippen LogP contribution in [-0.4, -0.2) is 69.9 Å². The van der Waals surface area contributed by atoms with E-state index in [2.05, 4.69) is 35.9 Å². The molecular weight excluding hydrogens is 494 g/mol. The number of halogens is 2. The van der Waals surface area contributed by atoms with Gasteiger partial charge in [-0.1, -0.05) is 6.07 Å². The van der Waals surface area contributed by atoms with Crippen LogP contribution in [0.4, 0.5) is 26.0 Å². The van der Waals surface area contributed by atoms with E-state index in [0.717, 1.165) is 61.9 Å². The van der Waals surface area contributed by atoms with Crippen LogP contribution in [0.15, 0.2) is 55.1 Å². The summed E-state index contributed by atoms with van der Waals surface area (Å²) in [5.41, 5.74) is 1.10. The Morgan fingerprint density at radius 1 is 1.13 bits per heavy atom. The Kier molecular flexibility index (Phi) is 8.00. The van der Waals surface area contributed by atoms with Gasteiger partial charge >= 0.3 is 0 Å². The molecule has 0 spiro atoms. The van der Waals surface area contributed by atoms with E-state index >= 15 is 0 Å². The number of nitrogens with zero attached hydrogens (tertiary/aromatic N) is 5. The van der Waals surface area contributed by atoms with Crippen molar-refractivity contribution in [2.75, 3.05) is 50.0 Å². The second-order valence-electron chi connectivity index (χ2n) is 8.90. The first-order valence-electron chi connectivity index (χ1n) is 12.4. The number of benzene rings is 2. The van der Waals surface area contributed by atoms with Crippen LogP contribution in [0.25, 0.3) is 10.9 Å². The maximum atomic E-state index is 13.8. The third-order valence-corrected chi connectivity index (χ3v) is 6.13. The van der Waals surface area contributed by atoms with Crippen molar-refractivity contribution >= 4 is 34.0 Å². The van der Waals surface area contributed by atoms with E-state index in [1.807, 2.05) is 18.2 Å². The van der Waals surface area contributed by atoms with Gasteiger partial charge in [0.1, 0.15) is 24.4 Å². The highest BCUT2D eigenvalue weighted by Gasteiger charge is 2.13. The summed E-state index contributed by atoms with van der Waals surface area (Å²) < 4.78 is 34.5. The lowest BCUT2D eigenvalue weighted by Gasteiger charge is -2.26. The van der Waals surface area contributed by atoms with Gasteiger partial charge in [0.25, 0.3) is 0 Å². The van der Waals surface area contributed by atoms with Gasteiger partial charge in [-0.2, -0.15) is 5.10 Å². The van der Waals surface area contributed by atoms with Crippen LogP contribution in [0.5, 0.6) is 5.75 Å². The highest BCUT2D eigenvalue weighted by molar-refractivity contribution is 5.92. The fourth-order valence-electron chi connectivity index (χ4n) is 4.23. The van der Waals surface area contributed by atoms with Crippen LogP contribution in [0.2, 0.25) is 0 Å². The standard InChI is InChI=1S/C26H28F2N8O2/c27-21-3-1-4-22(25(21)28)34-24(37)16-36-15-18(14-32-36)33-26-20-6-5-19(13-23(20)30-17-31-26)38-12-2-9-35-10-7-29-8-11-35/h1,3-6,13-15,17,29H,2,7-12,16H2,(H,34,37)(H,30,31,33). The molecule has 1 saturated heterocycles. The Morgan fingerprint density at radius 3 is 2.87 bits per heavy atom.